The lowest BCUT2D eigenvalue weighted by Gasteiger charge is -2.16. The van der Waals surface area contributed by atoms with Crippen molar-refractivity contribution in [1.82, 2.24) is 0 Å². The van der Waals surface area contributed by atoms with Gasteiger partial charge in [0.25, 0.3) is 0 Å². The molecule has 0 aliphatic heterocycles. The van der Waals surface area contributed by atoms with Crippen molar-refractivity contribution in [3.05, 3.63) is 65.7 Å². The lowest BCUT2D eigenvalue weighted by Crippen LogP contribution is -2.08. The van der Waals surface area contributed by atoms with Gasteiger partial charge in [-0.25, -0.2) is 0 Å². The van der Waals surface area contributed by atoms with Crippen molar-refractivity contribution in [2.75, 3.05) is 5.32 Å². The maximum atomic E-state index is 12.4. The Hall–Kier alpha value is -1.97. The summed E-state index contributed by atoms with van der Waals surface area (Å²) in [6.45, 7) is 1.97. The van der Waals surface area contributed by atoms with E-state index in [-0.39, 0.29) is 6.04 Å². The Labute approximate surface area is 110 Å². The standard InChI is InChI=1S/C15H14F3N/c1-11(12-5-3-2-4-6-12)19-14-9-7-13(8-10-14)15(16,17)18/h2-11,19H,1H3/t11-/m0/s1. The van der Waals surface area contributed by atoms with Crippen LogP contribution in [0.3, 0.4) is 0 Å². The van der Waals surface area contributed by atoms with Crippen LogP contribution in [0.15, 0.2) is 54.6 Å². The van der Waals surface area contributed by atoms with Gasteiger partial charge in [-0.15, -0.1) is 0 Å². The molecule has 0 aromatic heterocycles. The maximum absolute atomic E-state index is 12.4. The smallest absolute Gasteiger partial charge is 0.379 e. The van der Waals surface area contributed by atoms with Crippen LogP contribution in [-0.4, -0.2) is 0 Å². The fourth-order valence-electron chi connectivity index (χ4n) is 1.83. The van der Waals surface area contributed by atoms with E-state index in [2.05, 4.69) is 5.32 Å². The summed E-state index contributed by atoms with van der Waals surface area (Å²) in [5.41, 5.74) is 1.12. The Kier molecular flexibility index (Phi) is 3.79. The second-order valence-corrected chi connectivity index (χ2v) is 4.35. The predicted octanol–water partition coefficient (Wildman–Crippen LogP) is 4.88. The average molecular weight is 265 g/mol. The summed E-state index contributed by atoms with van der Waals surface area (Å²) in [4.78, 5) is 0. The minimum atomic E-state index is -4.29. The molecule has 2 aromatic carbocycles. The molecule has 0 spiro atoms. The van der Waals surface area contributed by atoms with Gasteiger partial charge in [0.05, 0.1) is 5.56 Å². The van der Waals surface area contributed by atoms with E-state index in [4.69, 9.17) is 0 Å². The summed E-state index contributed by atoms with van der Waals surface area (Å²) in [7, 11) is 0. The number of rotatable bonds is 3. The molecule has 100 valence electrons. The van der Waals surface area contributed by atoms with E-state index in [0.29, 0.717) is 5.69 Å². The van der Waals surface area contributed by atoms with Gasteiger partial charge in [0, 0.05) is 11.7 Å². The molecule has 1 N–H and O–H groups in total. The van der Waals surface area contributed by atoms with Gasteiger partial charge in [-0.2, -0.15) is 13.2 Å². The first kappa shape index (κ1) is 13.5. The Balaban J connectivity index is 2.08. The second kappa shape index (κ2) is 5.34. The molecule has 1 atom stereocenters. The van der Waals surface area contributed by atoms with Gasteiger partial charge in [0.15, 0.2) is 0 Å². The molecule has 0 saturated carbocycles. The molecule has 0 bridgehead atoms. The van der Waals surface area contributed by atoms with Crippen molar-refractivity contribution in [1.29, 1.82) is 0 Å². The number of hydrogen-bond donors (Lipinski definition) is 1. The van der Waals surface area contributed by atoms with Gasteiger partial charge < -0.3 is 5.32 Å². The van der Waals surface area contributed by atoms with Gasteiger partial charge >= 0.3 is 6.18 Å². The molecule has 0 aliphatic carbocycles. The summed E-state index contributed by atoms with van der Waals surface area (Å²) in [6, 6.07) is 14.8. The molecule has 19 heavy (non-hydrogen) atoms. The summed E-state index contributed by atoms with van der Waals surface area (Å²) in [5, 5.41) is 3.17. The first-order chi connectivity index (χ1) is 8.97. The fourth-order valence-corrected chi connectivity index (χ4v) is 1.83. The Morgan fingerprint density at radius 2 is 1.47 bits per heavy atom. The van der Waals surface area contributed by atoms with Crippen molar-refractivity contribution in [2.24, 2.45) is 0 Å². The quantitative estimate of drug-likeness (QED) is 0.834. The van der Waals surface area contributed by atoms with Gasteiger partial charge in [-0.3, -0.25) is 0 Å². The molecular weight excluding hydrogens is 251 g/mol. The lowest BCUT2D eigenvalue weighted by atomic mass is 10.1. The molecule has 1 nitrogen and oxygen atoms in total. The van der Waals surface area contributed by atoms with E-state index in [0.717, 1.165) is 17.7 Å². The molecule has 4 heteroatoms. The Morgan fingerprint density at radius 3 is 2.00 bits per heavy atom. The monoisotopic (exact) mass is 265 g/mol. The SMILES string of the molecule is C[C@H](Nc1ccc(C(F)(F)F)cc1)c1ccccc1. The lowest BCUT2D eigenvalue weighted by molar-refractivity contribution is -0.137. The molecule has 0 radical (unpaired) electrons. The molecule has 2 rings (SSSR count). The molecule has 0 heterocycles. The van der Waals surface area contributed by atoms with Gasteiger partial charge in [0.2, 0.25) is 0 Å². The third kappa shape index (κ3) is 3.50. The van der Waals surface area contributed by atoms with Gasteiger partial charge in [-0.05, 0) is 36.8 Å². The van der Waals surface area contributed by atoms with Gasteiger partial charge in [-0.1, -0.05) is 30.3 Å². The molecule has 0 fully saturated rings. The number of anilines is 1. The van der Waals surface area contributed by atoms with Crippen LogP contribution in [0.1, 0.15) is 24.1 Å². The van der Waals surface area contributed by atoms with Crippen LogP contribution in [0.2, 0.25) is 0 Å². The van der Waals surface area contributed by atoms with Crippen LogP contribution in [0, 0.1) is 0 Å². The zero-order valence-electron chi connectivity index (χ0n) is 10.4. The Bertz CT molecular complexity index is 517. The third-order valence-electron chi connectivity index (χ3n) is 2.89. The first-order valence-corrected chi connectivity index (χ1v) is 5.95. The number of alkyl halides is 3. The van der Waals surface area contributed by atoms with Crippen molar-refractivity contribution >= 4 is 5.69 Å². The fraction of sp³-hybridized carbons (Fsp3) is 0.200. The van der Waals surface area contributed by atoms with Gasteiger partial charge in [0.1, 0.15) is 0 Å². The zero-order valence-corrected chi connectivity index (χ0v) is 10.4. The second-order valence-electron chi connectivity index (χ2n) is 4.35. The number of halogens is 3. The highest BCUT2D eigenvalue weighted by Crippen LogP contribution is 2.30. The minimum absolute atomic E-state index is 0.0398. The first-order valence-electron chi connectivity index (χ1n) is 5.95. The number of benzene rings is 2. The number of hydrogen-bond acceptors (Lipinski definition) is 1. The summed E-state index contributed by atoms with van der Waals surface area (Å²) >= 11 is 0. The van der Waals surface area contributed by atoms with Crippen molar-refractivity contribution < 1.29 is 13.2 Å². The minimum Gasteiger partial charge on any atom is -0.379 e. The molecule has 0 unspecified atom stereocenters. The molecule has 0 saturated heterocycles. The van der Waals surface area contributed by atoms with Crippen LogP contribution >= 0.6 is 0 Å². The highest BCUT2D eigenvalue weighted by atomic mass is 19.4. The van der Waals surface area contributed by atoms with E-state index in [1.54, 1.807) is 0 Å². The van der Waals surface area contributed by atoms with Crippen molar-refractivity contribution in [2.45, 2.75) is 19.1 Å². The Morgan fingerprint density at radius 1 is 0.895 bits per heavy atom. The normalized spacial score (nSPS) is 13.1. The van der Waals surface area contributed by atoms with Crippen LogP contribution < -0.4 is 5.32 Å². The average Bonchev–Trinajstić information content (AvgIpc) is 2.39. The molecule has 2 aromatic rings. The van der Waals surface area contributed by atoms with Crippen molar-refractivity contribution in [3.63, 3.8) is 0 Å². The zero-order chi connectivity index (χ0) is 13.9. The largest absolute Gasteiger partial charge is 0.416 e. The van der Waals surface area contributed by atoms with E-state index in [1.165, 1.54) is 12.1 Å². The molecule has 0 aliphatic rings. The molecule has 0 amide bonds. The van der Waals surface area contributed by atoms with Crippen LogP contribution in [0.25, 0.3) is 0 Å². The topological polar surface area (TPSA) is 12.0 Å². The highest BCUT2D eigenvalue weighted by molar-refractivity contribution is 5.47. The summed E-state index contributed by atoms with van der Waals surface area (Å²) in [6.07, 6.45) is -4.29. The highest BCUT2D eigenvalue weighted by Gasteiger charge is 2.29. The van der Waals surface area contributed by atoms with E-state index < -0.39 is 11.7 Å². The van der Waals surface area contributed by atoms with E-state index in [9.17, 15) is 13.2 Å². The summed E-state index contributed by atoms with van der Waals surface area (Å²) in [5.74, 6) is 0. The van der Waals surface area contributed by atoms with E-state index >= 15 is 0 Å². The summed E-state index contributed by atoms with van der Waals surface area (Å²) < 4.78 is 37.3. The molecular formula is C15H14F3N. The van der Waals surface area contributed by atoms with Crippen molar-refractivity contribution in [3.8, 4) is 0 Å². The third-order valence-corrected chi connectivity index (χ3v) is 2.89. The van der Waals surface area contributed by atoms with Crippen LogP contribution in [0.5, 0.6) is 0 Å². The predicted molar refractivity (Wildman–Crippen MR) is 69.9 cm³/mol. The van der Waals surface area contributed by atoms with Crippen LogP contribution in [0.4, 0.5) is 18.9 Å². The van der Waals surface area contributed by atoms with E-state index in [1.807, 2.05) is 37.3 Å². The number of nitrogens with one attached hydrogen (secondary N) is 1. The maximum Gasteiger partial charge on any atom is 0.416 e. The van der Waals surface area contributed by atoms with Crippen LogP contribution in [-0.2, 0) is 6.18 Å².